The topological polar surface area (TPSA) is 35.8 Å². The molecule has 2 nitrogen and oxygen atoms in total. The molecule has 2 atom stereocenters. The van der Waals surface area contributed by atoms with Gasteiger partial charge in [0.05, 0.1) is 11.3 Å². The van der Waals surface area contributed by atoms with Gasteiger partial charge in [0.25, 0.3) is 0 Å². The lowest BCUT2D eigenvalue weighted by atomic mass is 10.0. The molecule has 0 bridgehead atoms. The lowest BCUT2D eigenvalue weighted by Gasteiger charge is -2.19. The van der Waals surface area contributed by atoms with Crippen molar-refractivity contribution < 1.29 is 0 Å². The molecule has 1 aromatic rings. The number of nitrogens with one attached hydrogen (secondary N) is 1. The van der Waals surface area contributed by atoms with E-state index < -0.39 is 0 Å². The van der Waals surface area contributed by atoms with Crippen molar-refractivity contribution in [3.05, 3.63) is 28.2 Å². The highest BCUT2D eigenvalue weighted by molar-refractivity contribution is 9.10. The number of rotatable bonds is 2. The van der Waals surface area contributed by atoms with Crippen molar-refractivity contribution in [1.29, 1.82) is 5.26 Å². The Kier molecular flexibility index (Phi) is 4.66. The molecule has 1 N–H and O–H groups in total. The zero-order chi connectivity index (χ0) is 13.0. The Morgan fingerprint density at radius 2 is 2.11 bits per heavy atom. The molecule has 96 valence electrons. The molecule has 0 aromatic heterocycles. The fraction of sp³-hybridized carbons (Fsp3) is 0.533. The van der Waals surface area contributed by atoms with Crippen LogP contribution in [0.1, 0.15) is 44.6 Å². The molecule has 0 radical (unpaired) electrons. The van der Waals surface area contributed by atoms with Gasteiger partial charge in [-0.3, -0.25) is 0 Å². The van der Waals surface area contributed by atoms with Crippen molar-refractivity contribution >= 4 is 21.6 Å². The van der Waals surface area contributed by atoms with Gasteiger partial charge in [0.1, 0.15) is 6.07 Å². The molecule has 18 heavy (non-hydrogen) atoms. The van der Waals surface area contributed by atoms with Gasteiger partial charge in [-0.05, 0) is 43.4 Å². The van der Waals surface area contributed by atoms with Crippen molar-refractivity contribution in [2.45, 2.75) is 45.1 Å². The van der Waals surface area contributed by atoms with E-state index in [1.54, 1.807) is 0 Å². The molecule has 2 rings (SSSR count). The first kappa shape index (κ1) is 13.4. The maximum atomic E-state index is 9.13. The van der Waals surface area contributed by atoms with Crippen LogP contribution in [0.4, 0.5) is 5.69 Å². The number of hydrogen-bond donors (Lipinski definition) is 1. The lowest BCUT2D eigenvalue weighted by molar-refractivity contribution is 0.502. The molecular formula is C15H19BrN2. The molecule has 1 aliphatic rings. The van der Waals surface area contributed by atoms with Gasteiger partial charge in [0.15, 0.2) is 0 Å². The highest BCUT2D eigenvalue weighted by atomic mass is 79.9. The molecule has 1 aromatic carbocycles. The molecule has 1 fully saturated rings. The second-order valence-electron chi connectivity index (χ2n) is 5.26. The maximum Gasteiger partial charge on any atom is 0.101 e. The van der Waals surface area contributed by atoms with Gasteiger partial charge in [0, 0.05) is 10.5 Å². The summed E-state index contributed by atoms with van der Waals surface area (Å²) >= 11 is 3.47. The van der Waals surface area contributed by atoms with Gasteiger partial charge in [-0.1, -0.05) is 35.7 Å². The highest BCUT2D eigenvalue weighted by Crippen LogP contribution is 2.27. The minimum Gasteiger partial charge on any atom is -0.381 e. The van der Waals surface area contributed by atoms with Gasteiger partial charge >= 0.3 is 0 Å². The molecule has 1 saturated carbocycles. The Hall–Kier alpha value is -1.01. The second-order valence-corrected chi connectivity index (χ2v) is 6.17. The standard InChI is InChI=1S/C15H19BrN2/c1-11-3-2-4-14(8-5-11)18-15-9-13(16)7-6-12(15)10-17/h6-7,9,11,14,18H,2-5,8H2,1H3. The second kappa shape index (κ2) is 6.24. The molecular weight excluding hydrogens is 288 g/mol. The van der Waals surface area contributed by atoms with Crippen LogP contribution in [0.3, 0.4) is 0 Å². The van der Waals surface area contributed by atoms with Crippen molar-refractivity contribution in [2.24, 2.45) is 5.92 Å². The predicted octanol–water partition coefficient (Wildman–Crippen LogP) is 4.70. The third-order valence-corrected chi connectivity index (χ3v) is 4.21. The Balaban J connectivity index is 2.09. The van der Waals surface area contributed by atoms with Gasteiger partial charge in [0.2, 0.25) is 0 Å². The van der Waals surface area contributed by atoms with E-state index >= 15 is 0 Å². The average molecular weight is 307 g/mol. The van der Waals surface area contributed by atoms with E-state index in [2.05, 4.69) is 34.2 Å². The predicted molar refractivity (Wildman–Crippen MR) is 78.5 cm³/mol. The van der Waals surface area contributed by atoms with Crippen LogP contribution < -0.4 is 5.32 Å². The van der Waals surface area contributed by atoms with E-state index in [9.17, 15) is 0 Å². The summed E-state index contributed by atoms with van der Waals surface area (Å²) in [6.45, 7) is 2.34. The minimum atomic E-state index is 0.511. The van der Waals surface area contributed by atoms with Crippen LogP contribution in [0.25, 0.3) is 0 Å². The molecule has 0 saturated heterocycles. The van der Waals surface area contributed by atoms with Gasteiger partial charge in [-0.2, -0.15) is 5.26 Å². The van der Waals surface area contributed by atoms with E-state index in [0.717, 1.165) is 21.6 Å². The quantitative estimate of drug-likeness (QED) is 0.804. The summed E-state index contributed by atoms with van der Waals surface area (Å²) in [4.78, 5) is 0. The first-order valence-electron chi connectivity index (χ1n) is 6.65. The van der Waals surface area contributed by atoms with E-state index in [1.165, 1.54) is 32.1 Å². The Morgan fingerprint density at radius 1 is 1.28 bits per heavy atom. The van der Waals surface area contributed by atoms with Crippen molar-refractivity contribution in [3.8, 4) is 6.07 Å². The minimum absolute atomic E-state index is 0.511. The van der Waals surface area contributed by atoms with E-state index in [0.29, 0.717) is 6.04 Å². The largest absolute Gasteiger partial charge is 0.381 e. The fourth-order valence-electron chi connectivity index (χ4n) is 2.58. The van der Waals surface area contributed by atoms with E-state index in [4.69, 9.17) is 5.26 Å². The lowest BCUT2D eigenvalue weighted by Crippen LogP contribution is -2.19. The summed E-state index contributed by atoms with van der Waals surface area (Å²) in [7, 11) is 0. The summed E-state index contributed by atoms with van der Waals surface area (Å²) < 4.78 is 1.02. The number of nitriles is 1. The Bertz CT molecular complexity index is 450. The molecule has 3 heteroatoms. The van der Waals surface area contributed by atoms with Crippen LogP contribution in [0.2, 0.25) is 0 Å². The van der Waals surface area contributed by atoms with Gasteiger partial charge in [-0.25, -0.2) is 0 Å². The maximum absolute atomic E-state index is 9.13. The van der Waals surface area contributed by atoms with Crippen LogP contribution in [0.15, 0.2) is 22.7 Å². The zero-order valence-electron chi connectivity index (χ0n) is 10.7. The van der Waals surface area contributed by atoms with E-state index in [1.807, 2.05) is 18.2 Å². The van der Waals surface area contributed by atoms with Gasteiger partial charge in [-0.15, -0.1) is 0 Å². The monoisotopic (exact) mass is 306 g/mol. The third kappa shape index (κ3) is 3.49. The molecule has 2 unspecified atom stereocenters. The van der Waals surface area contributed by atoms with Crippen LogP contribution >= 0.6 is 15.9 Å². The fourth-order valence-corrected chi connectivity index (χ4v) is 2.95. The van der Waals surface area contributed by atoms with Gasteiger partial charge < -0.3 is 5.32 Å². The summed E-state index contributed by atoms with van der Waals surface area (Å²) in [5.74, 6) is 0.842. The molecule has 0 heterocycles. The zero-order valence-corrected chi connectivity index (χ0v) is 12.3. The summed E-state index contributed by atoms with van der Waals surface area (Å²) in [6, 6.07) is 8.55. The number of hydrogen-bond acceptors (Lipinski definition) is 2. The first-order chi connectivity index (χ1) is 8.69. The number of nitrogens with zero attached hydrogens (tertiary/aromatic N) is 1. The van der Waals surface area contributed by atoms with Crippen molar-refractivity contribution in [3.63, 3.8) is 0 Å². The van der Waals surface area contributed by atoms with Crippen molar-refractivity contribution in [2.75, 3.05) is 5.32 Å². The molecule has 1 aliphatic carbocycles. The summed E-state index contributed by atoms with van der Waals surface area (Å²) in [5.41, 5.74) is 1.70. The molecule has 0 spiro atoms. The molecule has 0 aliphatic heterocycles. The SMILES string of the molecule is CC1CCCC(Nc2cc(Br)ccc2C#N)CC1. The Labute approximate surface area is 118 Å². The van der Waals surface area contributed by atoms with E-state index in [-0.39, 0.29) is 0 Å². The summed E-state index contributed by atoms with van der Waals surface area (Å²) in [6.07, 6.45) is 6.32. The number of halogens is 1. The van der Waals surface area contributed by atoms with Crippen LogP contribution in [-0.4, -0.2) is 6.04 Å². The molecule has 0 amide bonds. The van der Waals surface area contributed by atoms with Crippen molar-refractivity contribution in [1.82, 2.24) is 0 Å². The Morgan fingerprint density at radius 3 is 2.89 bits per heavy atom. The van der Waals surface area contributed by atoms with Crippen LogP contribution in [0, 0.1) is 17.2 Å². The number of anilines is 1. The average Bonchev–Trinajstić information content (AvgIpc) is 2.55. The van der Waals surface area contributed by atoms with Crippen LogP contribution in [-0.2, 0) is 0 Å². The third-order valence-electron chi connectivity index (χ3n) is 3.72. The summed E-state index contributed by atoms with van der Waals surface area (Å²) in [5, 5.41) is 12.7. The normalized spacial score (nSPS) is 24.1. The number of benzene rings is 1. The highest BCUT2D eigenvalue weighted by Gasteiger charge is 2.17. The first-order valence-corrected chi connectivity index (χ1v) is 7.44. The van der Waals surface area contributed by atoms with Crippen LogP contribution in [0.5, 0.6) is 0 Å². The smallest absolute Gasteiger partial charge is 0.101 e.